The number of nitrogens with one attached hydrogen (secondary N) is 2. The molecule has 0 aliphatic carbocycles. The number of hydrogen-bond donors (Lipinski definition) is 3. The molecular weight excluding hydrogens is 276 g/mol. The van der Waals surface area contributed by atoms with Gasteiger partial charge in [0.05, 0.1) is 23.4 Å². The predicted molar refractivity (Wildman–Crippen MR) is 81.6 cm³/mol. The van der Waals surface area contributed by atoms with Gasteiger partial charge in [-0.3, -0.25) is 0 Å². The molecule has 3 rings (SSSR count). The molecule has 1 atom stereocenters. The van der Waals surface area contributed by atoms with Crippen LogP contribution in [0.15, 0.2) is 35.3 Å². The summed E-state index contributed by atoms with van der Waals surface area (Å²) in [4.78, 5) is 3.97. The van der Waals surface area contributed by atoms with Crippen molar-refractivity contribution in [1.29, 1.82) is 0 Å². The Morgan fingerprint density at radius 3 is 2.85 bits per heavy atom. The van der Waals surface area contributed by atoms with Crippen LogP contribution in [-0.4, -0.2) is 23.1 Å². The van der Waals surface area contributed by atoms with E-state index in [9.17, 15) is 5.11 Å². The molecule has 1 aliphatic heterocycles. The maximum Gasteiger partial charge on any atom is 0.190 e. The molecule has 0 spiro atoms. The molecule has 1 aromatic heterocycles. The Hall–Kier alpha value is -1.98. The van der Waals surface area contributed by atoms with Crippen LogP contribution in [0.2, 0.25) is 5.15 Å². The summed E-state index contributed by atoms with van der Waals surface area (Å²) in [7, 11) is 1.80. The van der Waals surface area contributed by atoms with Crippen molar-refractivity contribution >= 4 is 29.3 Å². The van der Waals surface area contributed by atoms with E-state index in [1.165, 1.54) is 6.34 Å². The lowest BCUT2D eigenvalue weighted by Gasteiger charge is -2.17. The average molecular weight is 291 g/mol. The van der Waals surface area contributed by atoms with Crippen LogP contribution in [0, 0.1) is 0 Å². The second-order valence-corrected chi connectivity index (χ2v) is 4.90. The summed E-state index contributed by atoms with van der Waals surface area (Å²) in [5, 5.41) is 16.8. The Bertz CT molecular complexity index is 651. The number of anilines is 2. The number of halogens is 1. The van der Waals surface area contributed by atoms with Crippen LogP contribution in [0.25, 0.3) is 0 Å². The summed E-state index contributed by atoms with van der Waals surface area (Å²) in [6.07, 6.45) is 0.575. The van der Waals surface area contributed by atoms with E-state index >= 15 is 0 Å². The van der Waals surface area contributed by atoms with Gasteiger partial charge >= 0.3 is 0 Å². The third-order valence-electron chi connectivity index (χ3n) is 3.34. The van der Waals surface area contributed by atoms with Gasteiger partial charge in [-0.2, -0.15) is 0 Å². The zero-order chi connectivity index (χ0) is 14.1. The first kappa shape index (κ1) is 13.0. The standard InChI is InChI=1S/C14H15ClN4O/c1-16-11-10-12(14(20)18-8-17-10)19(13(11)15)7-9-5-3-2-4-6-9/h2-6,8,14,16,20H,7H2,1H3,(H,17,18). The van der Waals surface area contributed by atoms with Gasteiger partial charge in [0.25, 0.3) is 0 Å². The first-order chi connectivity index (χ1) is 9.72. The zero-order valence-electron chi connectivity index (χ0n) is 11.0. The van der Waals surface area contributed by atoms with Crippen molar-refractivity contribution in [2.24, 2.45) is 4.99 Å². The molecule has 0 radical (unpaired) electrons. The van der Waals surface area contributed by atoms with Crippen LogP contribution in [0.3, 0.4) is 0 Å². The highest BCUT2D eigenvalue weighted by Gasteiger charge is 2.27. The van der Waals surface area contributed by atoms with Gasteiger partial charge in [0.2, 0.25) is 0 Å². The van der Waals surface area contributed by atoms with E-state index in [4.69, 9.17) is 11.6 Å². The molecule has 1 unspecified atom stereocenters. The van der Waals surface area contributed by atoms with Crippen LogP contribution in [-0.2, 0) is 6.54 Å². The van der Waals surface area contributed by atoms with Gasteiger partial charge in [-0.15, -0.1) is 0 Å². The van der Waals surface area contributed by atoms with Crippen LogP contribution in [0.4, 0.5) is 11.4 Å². The van der Waals surface area contributed by atoms with Gasteiger partial charge < -0.3 is 20.3 Å². The van der Waals surface area contributed by atoms with E-state index in [0.29, 0.717) is 17.4 Å². The molecule has 3 N–H and O–H groups in total. The Morgan fingerprint density at radius 1 is 1.40 bits per heavy atom. The summed E-state index contributed by atoms with van der Waals surface area (Å²) in [6.45, 7) is 0.581. The molecule has 1 aromatic carbocycles. The predicted octanol–water partition coefficient (Wildman–Crippen LogP) is 2.68. The lowest BCUT2D eigenvalue weighted by Crippen LogP contribution is -2.14. The van der Waals surface area contributed by atoms with Gasteiger partial charge in [-0.05, 0) is 5.56 Å². The molecule has 2 heterocycles. The first-order valence-corrected chi connectivity index (χ1v) is 6.70. The molecule has 5 nitrogen and oxygen atoms in total. The Balaban J connectivity index is 2.09. The van der Waals surface area contributed by atoms with Gasteiger partial charge in [-0.25, -0.2) is 4.99 Å². The maximum absolute atomic E-state index is 10.1. The summed E-state index contributed by atoms with van der Waals surface area (Å²) in [5.41, 5.74) is 3.32. The maximum atomic E-state index is 10.1. The number of fused-ring (bicyclic) bond motifs is 1. The lowest BCUT2D eigenvalue weighted by atomic mass is 10.2. The average Bonchev–Trinajstić information content (AvgIpc) is 2.73. The fraction of sp³-hybridized carbons (Fsp3) is 0.214. The van der Waals surface area contributed by atoms with Crippen molar-refractivity contribution in [3.05, 3.63) is 46.7 Å². The minimum Gasteiger partial charge on any atom is -0.384 e. The van der Waals surface area contributed by atoms with Gasteiger partial charge in [0.15, 0.2) is 6.23 Å². The third kappa shape index (κ3) is 2.05. The monoisotopic (exact) mass is 290 g/mol. The number of aliphatic imine (C=N–C) groups is 1. The van der Waals surface area contributed by atoms with Gasteiger partial charge in [0.1, 0.15) is 5.15 Å². The highest BCUT2D eigenvalue weighted by atomic mass is 35.5. The van der Waals surface area contributed by atoms with Crippen LogP contribution in [0.5, 0.6) is 0 Å². The molecule has 20 heavy (non-hydrogen) atoms. The minimum atomic E-state index is -0.908. The molecule has 1 aliphatic rings. The lowest BCUT2D eigenvalue weighted by molar-refractivity contribution is 0.179. The van der Waals surface area contributed by atoms with Crippen molar-refractivity contribution in [3.8, 4) is 0 Å². The molecule has 0 bridgehead atoms. The molecule has 0 saturated carbocycles. The second-order valence-electron chi connectivity index (χ2n) is 4.54. The van der Waals surface area contributed by atoms with Crippen molar-refractivity contribution in [1.82, 2.24) is 4.57 Å². The number of hydrogen-bond acceptors (Lipinski definition) is 4. The number of rotatable bonds is 3. The fourth-order valence-electron chi connectivity index (χ4n) is 2.41. The minimum absolute atomic E-state index is 0.554. The smallest absolute Gasteiger partial charge is 0.190 e. The first-order valence-electron chi connectivity index (χ1n) is 6.32. The van der Waals surface area contributed by atoms with Crippen LogP contribution >= 0.6 is 11.6 Å². The normalized spacial score (nSPS) is 16.6. The molecule has 0 saturated heterocycles. The van der Waals surface area contributed by atoms with Crippen LogP contribution in [0.1, 0.15) is 17.5 Å². The number of aliphatic hydroxyl groups excluding tert-OH is 1. The number of aromatic nitrogens is 1. The molecule has 0 amide bonds. The highest BCUT2D eigenvalue weighted by Crippen LogP contribution is 2.41. The Morgan fingerprint density at radius 2 is 2.15 bits per heavy atom. The van der Waals surface area contributed by atoms with Crippen molar-refractivity contribution in [3.63, 3.8) is 0 Å². The summed E-state index contributed by atoms with van der Waals surface area (Å²) in [5.74, 6) is 0. The van der Waals surface area contributed by atoms with E-state index in [2.05, 4.69) is 15.6 Å². The Kier molecular flexibility index (Phi) is 3.38. The molecule has 0 fully saturated rings. The van der Waals surface area contributed by atoms with E-state index < -0.39 is 6.23 Å². The zero-order valence-corrected chi connectivity index (χ0v) is 11.7. The SMILES string of the molecule is CNc1c2c(n(Cc3ccccc3)c1Cl)C(O)N=CN2. The summed E-state index contributed by atoms with van der Waals surface area (Å²) in [6, 6.07) is 9.97. The number of benzene rings is 1. The van der Waals surface area contributed by atoms with E-state index in [1.54, 1.807) is 7.05 Å². The number of aliphatic hydroxyl groups is 1. The largest absolute Gasteiger partial charge is 0.384 e. The van der Waals surface area contributed by atoms with Gasteiger partial charge in [-0.1, -0.05) is 41.9 Å². The summed E-state index contributed by atoms with van der Waals surface area (Å²) >= 11 is 6.43. The Labute approximate surface area is 121 Å². The third-order valence-corrected chi connectivity index (χ3v) is 3.74. The topological polar surface area (TPSA) is 61.6 Å². The van der Waals surface area contributed by atoms with Crippen molar-refractivity contribution < 1.29 is 5.11 Å². The van der Waals surface area contributed by atoms with E-state index in [0.717, 1.165) is 16.9 Å². The van der Waals surface area contributed by atoms with Crippen LogP contribution < -0.4 is 10.6 Å². The summed E-state index contributed by atoms with van der Waals surface area (Å²) < 4.78 is 1.87. The molecular formula is C14H15ClN4O. The van der Waals surface area contributed by atoms with Gasteiger partial charge in [0, 0.05) is 13.6 Å². The highest BCUT2D eigenvalue weighted by molar-refractivity contribution is 6.33. The fourth-order valence-corrected chi connectivity index (χ4v) is 2.75. The quantitative estimate of drug-likeness (QED) is 0.814. The van der Waals surface area contributed by atoms with Crippen molar-refractivity contribution in [2.45, 2.75) is 12.8 Å². The number of nitrogens with zero attached hydrogens (tertiary/aromatic N) is 2. The molecule has 6 heteroatoms. The molecule has 2 aromatic rings. The van der Waals surface area contributed by atoms with E-state index in [-0.39, 0.29) is 0 Å². The van der Waals surface area contributed by atoms with Crippen molar-refractivity contribution in [2.75, 3.05) is 17.7 Å². The molecule has 104 valence electrons. The van der Waals surface area contributed by atoms with E-state index in [1.807, 2.05) is 34.9 Å². The second kappa shape index (κ2) is 5.19.